The van der Waals surface area contributed by atoms with Gasteiger partial charge in [-0.05, 0) is 43.7 Å². The lowest BCUT2D eigenvalue weighted by Crippen LogP contribution is -2.08. The highest BCUT2D eigenvalue weighted by molar-refractivity contribution is 7.16. The van der Waals surface area contributed by atoms with E-state index in [9.17, 15) is 4.79 Å². The van der Waals surface area contributed by atoms with Crippen LogP contribution in [0.15, 0.2) is 30.3 Å². The molecule has 0 saturated carbocycles. The van der Waals surface area contributed by atoms with Gasteiger partial charge in [0, 0.05) is 10.6 Å². The van der Waals surface area contributed by atoms with E-state index in [0.717, 1.165) is 20.5 Å². The molecule has 19 heavy (non-hydrogen) atoms. The van der Waals surface area contributed by atoms with Gasteiger partial charge in [-0.1, -0.05) is 17.7 Å². The van der Waals surface area contributed by atoms with Crippen LogP contribution in [0.2, 0.25) is 4.34 Å². The maximum atomic E-state index is 11.1. The van der Waals surface area contributed by atoms with E-state index < -0.39 is 5.97 Å². The van der Waals surface area contributed by atoms with Gasteiger partial charge in [-0.25, -0.2) is 4.79 Å². The van der Waals surface area contributed by atoms with Gasteiger partial charge in [0.1, 0.15) is 0 Å². The number of carbonyl (C=O) groups is 1. The topological polar surface area (TPSA) is 49.3 Å². The summed E-state index contributed by atoms with van der Waals surface area (Å²) in [7, 11) is 0. The maximum absolute atomic E-state index is 11.1. The molecule has 0 amide bonds. The molecule has 1 atom stereocenters. The van der Waals surface area contributed by atoms with E-state index in [-0.39, 0.29) is 6.04 Å². The van der Waals surface area contributed by atoms with E-state index in [1.807, 2.05) is 25.1 Å². The second-order valence-corrected chi connectivity index (χ2v) is 6.04. The Morgan fingerprint density at radius 2 is 2.11 bits per heavy atom. The van der Waals surface area contributed by atoms with E-state index in [4.69, 9.17) is 16.7 Å². The van der Waals surface area contributed by atoms with Crippen LogP contribution in [0.4, 0.5) is 5.69 Å². The van der Waals surface area contributed by atoms with Gasteiger partial charge in [0.2, 0.25) is 0 Å². The lowest BCUT2D eigenvalue weighted by Gasteiger charge is -2.16. The molecule has 1 heterocycles. The van der Waals surface area contributed by atoms with Crippen LogP contribution in [-0.2, 0) is 0 Å². The van der Waals surface area contributed by atoms with Crippen molar-refractivity contribution in [3.8, 4) is 0 Å². The van der Waals surface area contributed by atoms with Crippen molar-refractivity contribution in [1.82, 2.24) is 0 Å². The lowest BCUT2D eigenvalue weighted by atomic mass is 10.1. The molecule has 0 fully saturated rings. The van der Waals surface area contributed by atoms with E-state index in [2.05, 4.69) is 5.32 Å². The van der Waals surface area contributed by atoms with Gasteiger partial charge < -0.3 is 10.4 Å². The predicted octanol–water partition coefficient (Wildman–Crippen LogP) is 4.58. The Bertz CT molecular complexity index is 609. The number of hydrogen-bond donors (Lipinski definition) is 2. The van der Waals surface area contributed by atoms with Crippen LogP contribution < -0.4 is 5.32 Å². The van der Waals surface area contributed by atoms with Crippen molar-refractivity contribution in [2.24, 2.45) is 0 Å². The lowest BCUT2D eigenvalue weighted by molar-refractivity contribution is 0.0696. The van der Waals surface area contributed by atoms with E-state index in [1.165, 1.54) is 11.3 Å². The highest BCUT2D eigenvalue weighted by atomic mass is 35.5. The van der Waals surface area contributed by atoms with Crippen molar-refractivity contribution in [2.75, 3.05) is 5.32 Å². The summed E-state index contributed by atoms with van der Waals surface area (Å²) < 4.78 is 0.750. The van der Waals surface area contributed by atoms with Gasteiger partial charge in [0.25, 0.3) is 0 Å². The SMILES string of the molecule is Cc1c(NC(C)c2ccc(Cl)s2)cccc1C(=O)O. The summed E-state index contributed by atoms with van der Waals surface area (Å²) in [6.07, 6.45) is 0. The number of hydrogen-bond acceptors (Lipinski definition) is 3. The summed E-state index contributed by atoms with van der Waals surface area (Å²) in [6.45, 7) is 3.83. The van der Waals surface area contributed by atoms with Gasteiger partial charge >= 0.3 is 5.97 Å². The first kappa shape index (κ1) is 13.9. The Morgan fingerprint density at radius 3 is 2.68 bits per heavy atom. The van der Waals surface area contributed by atoms with Crippen molar-refractivity contribution in [2.45, 2.75) is 19.9 Å². The zero-order valence-electron chi connectivity index (χ0n) is 10.6. The highest BCUT2D eigenvalue weighted by Gasteiger charge is 2.13. The number of thiophene rings is 1. The summed E-state index contributed by atoms with van der Waals surface area (Å²) in [4.78, 5) is 12.2. The smallest absolute Gasteiger partial charge is 0.336 e. The molecule has 0 spiro atoms. The number of halogens is 1. The molecule has 0 radical (unpaired) electrons. The number of nitrogens with one attached hydrogen (secondary N) is 1. The summed E-state index contributed by atoms with van der Waals surface area (Å²) in [5, 5.41) is 12.4. The number of anilines is 1. The standard InChI is InChI=1S/C14H14ClNO2S/c1-8-10(14(17)18)4-3-5-11(8)16-9(2)12-6-7-13(15)19-12/h3-7,9,16H,1-2H3,(H,17,18). The molecule has 1 unspecified atom stereocenters. The predicted molar refractivity (Wildman–Crippen MR) is 79.5 cm³/mol. The largest absolute Gasteiger partial charge is 0.478 e. The maximum Gasteiger partial charge on any atom is 0.336 e. The van der Waals surface area contributed by atoms with Crippen LogP contribution in [0.3, 0.4) is 0 Å². The third-order valence-corrected chi connectivity index (χ3v) is 4.37. The molecule has 1 aromatic heterocycles. The zero-order chi connectivity index (χ0) is 14.0. The summed E-state index contributed by atoms with van der Waals surface area (Å²) in [5.41, 5.74) is 1.89. The highest BCUT2D eigenvalue weighted by Crippen LogP contribution is 2.30. The van der Waals surface area contributed by atoms with Crippen LogP contribution >= 0.6 is 22.9 Å². The average molecular weight is 296 g/mol. The Labute approximate surface area is 120 Å². The fraction of sp³-hybridized carbons (Fsp3) is 0.214. The molecule has 0 aliphatic carbocycles. The second kappa shape index (κ2) is 5.63. The summed E-state index contributed by atoms with van der Waals surface area (Å²) >= 11 is 7.44. The van der Waals surface area contributed by atoms with Crippen molar-refractivity contribution in [3.05, 3.63) is 50.7 Å². The van der Waals surface area contributed by atoms with Crippen LogP contribution in [0.1, 0.15) is 33.8 Å². The van der Waals surface area contributed by atoms with Crippen molar-refractivity contribution < 1.29 is 9.90 Å². The van der Waals surface area contributed by atoms with Crippen molar-refractivity contribution in [3.63, 3.8) is 0 Å². The first-order valence-electron chi connectivity index (χ1n) is 5.83. The molecule has 0 aliphatic heterocycles. The molecule has 100 valence electrons. The van der Waals surface area contributed by atoms with E-state index in [1.54, 1.807) is 19.1 Å². The van der Waals surface area contributed by atoms with Gasteiger partial charge in [-0.3, -0.25) is 0 Å². The monoisotopic (exact) mass is 295 g/mol. The molecular formula is C14H14ClNO2S. The molecule has 0 bridgehead atoms. The second-order valence-electron chi connectivity index (χ2n) is 4.29. The Balaban J connectivity index is 2.24. The van der Waals surface area contributed by atoms with Crippen LogP contribution in [0.5, 0.6) is 0 Å². The van der Waals surface area contributed by atoms with Crippen LogP contribution in [-0.4, -0.2) is 11.1 Å². The molecule has 3 nitrogen and oxygen atoms in total. The minimum atomic E-state index is -0.909. The van der Waals surface area contributed by atoms with Crippen LogP contribution in [0.25, 0.3) is 0 Å². The van der Waals surface area contributed by atoms with Crippen LogP contribution in [0, 0.1) is 6.92 Å². The fourth-order valence-electron chi connectivity index (χ4n) is 1.89. The number of benzene rings is 1. The molecule has 0 aliphatic rings. The minimum absolute atomic E-state index is 0.0836. The molecule has 2 N–H and O–H groups in total. The van der Waals surface area contributed by atoms with E-state index >= 15 is 0 Å². The Morgan fingerprint density at radius 1 is 1.37 bits per heavy atom. The molecule has 0 saturated heterocycles. The minimum Gasteiger partial charge on any atom is -0.478 e. The van der Waals surface area contributed by atoms with Gasteiger partial charge in [0.15, 0.2) is 0 Å². The van der Waals surface area contributed by atoms with Gasteiger partial charge in [-0.2, -0.15) is 0 Å². The van der Waals surface area contributed by atoms with Crippen molar-refractivity contribution >= 4 is 34.6 Å². The summed E-state index contributed by atoms with van der Waals surface area (Å²) in [6, 6.07) is 9.15. The number of carboxylic acids is 1. The number of rotatable bonds is 4. The van der Waals surface area contributed by atoms with Crippen molar-refractivity contribution in [1.29, 1.82) is 0 Å². The fourth-order valence-corrected chi connectivity index (χ4v) is 2.95. The molecular weight excluding hydrogens is 282 g/mol. The molecule has 1 aromatic carbocycles. The normalized spacial score (nSPS) is 12.2. The van der Waals surface area contributed by atoms with E-state index in [0.29, 0.717) is 5.56 Å². The van der Waals surface area contributed by atoms with Gasteiger partial charge in [-0.15, -0.1) is 11.3 Å². The first-order chi connectivity index (χ1) is 8.99. The van der Waals surface area contributed by atoms with Gasteiger partial charge in [0.05, 0.1) is 15.9 Å². The Hall–Kier alpha value is -1.52. The number of aromatic carboxylic acids is 1. The third kappa shape index (κ3) is 3.08. The molecule has 5 heteroatoms. The zero-order valence-corrected chi connectivity index (χ0v) is 12.2. The first-order valence-corrected chi connectivity index (χ1v) is 7.03. The summed E-state index contributed by atoms with van der Waals surface area (Å²) in [5.74, 6) is -0.909. The molecule has 2 aromatic rings. The quantitative estimate of drug-likeness (QED) is 0.868. The third-order valence-electron chi connectivity index (χ3n) is 2.96. The molecule has 2 rings (SSSR count). The number of carboxylic acid groups (broad SMARTS) is 1. The average Bonchev–Trinajstić information content (AvgIpc) is 2.78. The Kier molecular flexibility index (Phi) is 4.12.